The van der Waals surface area contributed by atoms with Gasteiger partial charge in [-0.2, -0.15) is 0 Å². The Kier molecular flexibility index (Phi) is 5.60. The Morgan fingerprint density at radius 2 is 2.05 bits per heavy atom. The van der Waals surface area contributed by atoms with Crippen LogP contribution in [0.4, 0.5) is 0 Å². The minimum Gasteiger partial charge on any atom is -0.504 e. The van der Waals surface area contributed by atoms with Crippen LogP contribution in [0.25, 0.3) is 0 Å². The Bertz CT molecular complexity index is 410. The highest BCUT2D eigenvalue weighted by Gasteiger charge is 2.26. The van der Waals surface area contributed by atoms with E-state index < -0.39 is 5.54 Å². The fourth-order valence-corrected chi connectivity index (χ4v) is 1.83. The van der Waals surface area contributed by atoms with E-state index in [9.17, 15) is 10.2 Å². The molecule has 1 atom stereocenters. The van der Waals surface area contributed by atoms with Crippen LogP contribution in [0.2, 0.25) is 0 Å². The third-order valence-electron chi connectivity index (χ3n) is 3.21. The van der Waals surface area contributed by atoms with Crippen molar-refractivity contribution in [3.8, 4) is 11.5 Å². The first-order chi connectivity index (χ1) is 8.92. The molecule has 5 nitrogen and oxygen atoms in total. The molecule has 0 bridgehead atoms. The number of phenols is 1. The molecular weight excluding hydrogens is 244 g/mol. The number of hydrogen-bond acceptors (Lipinski definition) is 5. The predicted octanol–water partition coefficient (Wildman–Crippen LogP) is 0.759. The lowest BCUT2D eigenvalue weighted by atomic mass is 9.92. The smallest absolute Gasteiger partial charge is 0.160 e. The maximum atomic E-state index is 9.66. The molecule has 1 aromatic carbocycles. The molecule has 0 saturated heterocycles. The van der Waals surface area contributed by atoms with E-state index in [1.54, 1.807) is 18.2 Å². The van der Waals surface area contributed by atoms with Gasteiger partial charge >= 0.3 is 0 Å². The molecule has 1 rings (SSSR count). The molecule has 0 fully saturated rings. The van der Waals surface area contributed by atoms with E-state index in [0.717, 1.165) is 18.7 Å². The summed E-state index contributed by atoms with van der Waals surface area (Å²) in [7, 11) is 5.51. The molecule has 19 heavy (non-hydrogen) atoms. The van der Waals surface area contributed by atoms with Gasteiger partial charge in [-0.15, -0.1) is 0 Å². The predicted molar refractivity (Wildman–Crippen MR) is 75.7 cm³/mol. The highest BCUT2D eigenvalue weighted by molar-refractivity contribution is 5.44. The van der Waals surface area contributed by atoms with Crippen molar-refractivity contribution in [1.82, 2.24) is 10.2 Å². The summed E-state index contributed by atoms with van der Waals surface area (Å²) in [5.74, 6) is 0.506. The third-order valence-corrected chi connectivity index (χ3v) is 3.21. The van der Waals surface area contributed by atoms with E-state index in [4.69, 9.17) is 4.74 Å². The summed E-state index contributed by atoms with van der Waals surface area (Å²) in [5.41, 5.74) is 0.320. The first-order valence-corrected chi connectivity index (χ1v) is 6.31. The van der Waals surface area contributed by atoms with Gasteiger partial charge in [0.1, 0.15) is 0 Å². The van der Waals surface area contributed by atoms with E-state index in [1.807, 2.05) is 21.0 Å². The Morgan fingerprint density at radius 3 is 2.58 bits per heavy atom. The van der Waals surface area contributed by atoms with E-state index >= 15 is 0 Å². The molecule has 3 N–H and O–H groups in total. The quantitative estimate of drug-likeness (QED) is 0.681. The van der Waals surface area contributed by atoms with Crippen LogP contribution >= 0.6 is 0 Å². The van der Waals surface area contributed by atoms with Gasteiger partial charge in [-0.1, -0.05) is 6.07 Å². The molecule has 1 unspecified atom stereocenters. The number of phenolic OH excluding ortho intramolecular Hbond substituents is 1. The zero-order valence-electron chi connectivity index (χ0n) is 12.1. The van der Waals surface area contributed by atoms with E-state index in [2.05, 4.69) is 10.2 Å². The highest BCUT2D eigenvalue weighted by atomic mass is 16.5. The number of aliphatic hydroxyl groups is 1. The summed E-state index contributed by atoms with van der Waals surface area (Å²) in [6.45, 7) is 3.53. The van der Waals surface area contributed by atoms with E-state index in [-0.39, 0.29) is 12.4 Å². The number of aliphatic hydroxyl groups excluding tert-OH is 1. The van der Waals surface area contributed by atoms with Crippen molar-refractivity contribution < 1.29 is 14.9 Å². The van der Waals surface area contributed by atoms with Crippen molar-refractivity contribution in [3.05, 3.63) is 23.8 Å². The Hall–Kier alpha value is -1.30. The lowest BCUT2D eigenvalue weighted by Gasteiger charge is -2.30. The Morgan fingerprint density at radius 1 is 1.37 bits per heavy atom. The summed E-state index contributed by atoms with van der Waals surface area (Å²) in [6.07, 6.45) is 0. The Labute approximate surface area is 114 Å². The number of aromatic hydroxyl groups is 1. The summed E-state index contributed by atoms with van der Waals surface area (Å²) in [6, 6.07) is 5.11. The van der Waals surface area contributed by atoms with Crippen LogP contribution in [0, 0.1) is 0 Å². The lowest BCUT2D eigenvalue weighted by Crippen LogP contribution is -2.45. The van der Waals surface area contributed by atoms with Crippen molar-refractivity contribution in [2.24, 2.45) is 0 Å². The minimum atomic E-state index is -0.559. The third kappa shape index (κ3) is 4.09. The Balaban J connectivity index is 2.88. The summed E-state index contributed by atoms with van der Waals surface area (Å²) >= 11 is 0. The fraction of sp³-hybridized carbons (Fsp3) is 0.571. The average Bonchev–Trinajstić information content (AvgIpc) is 2.38. The zero-order valence-corrected chi connectivity index (χ0v) is 12.1. The lowest BCUT2D eigenvalue weighted by molar-refractivity contribution is 0.171. The van der Waals surface area contributed by atoms with Gasteiger partial charge in [0.25, 0.3) is 0 Å². The number of rotatable bonds is 7. The van der Waals surface area contributed by atoms with Crippen molar-refractivity contribution in [3.63, 3.8) is 0 Å². The van der Waals surface area contributed by atoms with Crippen LogP contribution in [0.1, 0.15) is 12.5 Å². The van der Waals surface area contributed by atoms with Crippen molar-refractivity contribution >= 4 is 0 Å². The molecule has 1 aromatic rings. The molecule has 0 aliphatic heterocycles. The normalized spacial score (nSPS) is 14.4. The van der Waals surface area contributed by atoms with Gasteiger partial charge in [0.2, 0.25) is 0 Å². The minimum absolute atomic E-state index is 0.0334. The average molecular weight is 268 g/mol. The fourth-order valence-electron chi connectivity index (χ4n) is 1.83. The molecule has 0 heterocycles. The van der Waals surface area contributed by atoms with Crippen molar-refractivity contribution in [2.75, 3.05) is 40.9 Å². The number of nitrogens with one attached hydrogen (secondary N) is 1. The molecule has 0 aromatic heterocycles. The number of hydrogen-bond donors (Lipinski definition) is 3. The zero-order chi connectivity index (χ0) is 14.5. The summed E-state index contributed by atoms with van der Waals surface area (Å²) in [5, 5.41) is 22.6. The first kappa shape index (κ1) is 15.8. The molecular formula is C14H24N2O3. The molecule has 0 amide bonds. The van der Waals surface area contributed by atoms with Gasteiger partial charge in [0, 0.05) is 13.1 Å². The van der Waals surface area contributed by atoms with Crippen LogP contribution in [-0.2, 0) is 5.54 Å². The SMILES string of the molecule is COc1cc(C(C)(CO)NCCN(C)C)ccc1O. The number of benzene rings is 1. The number of nitrogens with zero attached hydrogens (tertiary/aromatic N) is 1. The van der Waals surface area contributed by atoms with Gasteiger partial charge in [-0.25, -0.2) is 0 Å². The maximum absolute atomic E-state index is 9.66. The molecule has 0 spiro atoms. The van der Waals surface area contributed by atoms with Gasteiger partial charge in [0.15, 0.2) is 11.5 Å². The molecule has 0 radical (unpaired) electrons. The topological polar surface area (TPSA) is 65.0 Å². The van der Waals surface area contributed by atoms with Gasteiger partial charge in [-0.05, 0) is 38.7 Å². The molecule has 0 aliphatic carbocycles. The van der Waals surface area contributed by atoms with Crippen LogP contribution < -0.4 is 10.1 Å². The van der Waals surface area contributed by atoms with Crippen LogP contribution in [0.15, 0.2) is 18.2 Å². The monoisotopic (exact) mass is 268 g/mol. The van der Waals surface area contributed by atoms with Crippen LogP contribution in [0.3, 0.4) is 0 Å². The van der Waals surface area contributed by atoms with Crippen LogP contribution in [0.5, 0.6) is 11.5 Å². The molecule has 0 saturated carbocycles. The van der Waals surface area contributed by atoms with E-state index in [0.29, 0.717) is 5.75 Å². The largest absolute Gasteiger partial charge is 0.504 e. The van der Waals surface area contributed by atoms with Crippen molar-refractivity contribution in [2.45, 2.75) is 12.5 Å². The standard InChI is InChI=1S/C14H24N2O3/c1-14(10-17,15-7-8-16(2)3)11-5-6-12(18)13(9-11)19-4/h5-6,9,15,17-18H,7-8,10H2,1-4H3. The molecule has 108 valence electrons. The van der Waals surface area contributed by atoms with E-state index in [1.165, 1.54) is 7.11 Å². The van der Waals surface area contributed by atoms with Gasteiger partial charge < -0.3 is 25.2 Å². The number of ether oxygens (including phenoxy) is 1. The van der Waals surface area contributed by atoms with Crippen molar-refractivity contribution in [1.29, 1.82) is 0 Å². The number of methoxy groups -OCH3 is 1. The van der Waals surface area contributed by atoms with Gasteiger partial charge in [-0.3, -0.25) is 0 Å². The second kappa shape index (κ2) is 6.75. The number of likely N-dealkylation sites (N-methyl/N-ethyl adjacent to an activating group) is 1. The maximum Gasteiger partial charge on any atom is 0.160 e. The van der Waals surface area contributed by atoms with Gasteiger partial charge in [0.05, 0.1) is 19.3 Å². The highest BCUT2D eigenvalue weighted by Crippen LogP contribution is 2.31. The molecule has 5 heteroatoms. The van der Waals surface area contributed by atoms with Crippen LogP contribution in [-0.4, -0.2) is 56.0 Å². The molecule has 0 aliphatic rings. The summed E-state index contributed by atoms with van der Waals surface area (Å²) < 4.78 is 5.10. The second-order valence-corrected chi connectivity index (χ2v) is 5.11. The first-order valence-electron chi connectivity index (χ1n) is 6.31. The second-order valence-electron chi connectivity index (χ2n) is 5.11. The summed E-state index contributed by atoms with van der Waals surface area (Å²) in [4.78, 5) is 2.07.